The van der Waals surface area contributed by atoms with Gasteiger partial charge in [-0.3, -0.25) is 4.79 Å². The van der Waals surface area contributed by atoms with Crippen LogP contribution in [0.5, 0.6) is 5.75 Å². The third-order valence-corrected chi connectivity index (χ3v) is 2.96. The maximum atomic E-state index is 12.0. The molecule has 0 bridgehead atoms. The summed E-state index contributed by atoms with van der Waals surface area (Å²) < 4.78 is 5.50. The van der Waals surface area contributed by atoms with Gasteiger partial charge in [0.1, 0.15) is 5.75 Å². The van der Waals surface area contributed by atoms with Crippen molar-refractivity contribution in [1.29, 1.82) is 0 Å². The minimum absolute atomic E-state index is 0.0207. The second kappa shape index (κ2) is 8.59. The number of rotatable bonds is 8. The van der Waals surface area contributed by atoms with Crippen molar-refractivity contribution in [2.45, 2.75) is 20.3 Å². The molecule has 1 atom stereocenters. The molecule has 0 heterocycles. The van der Waals surface area contributed by atoms with Crippen LogP contribution < -0.4 is 15.0 Å². The summed E-state index contributed by atoms with van der Waals surface area (Å²) in [4.78, 5) is 13.4. The molecule has 0 aliphatic heterocycles. The molecule has 1 aromatic carbocycles. The highest BCUT2D eigenvalue weighted by molar-refractivity contribution is 5.94. The minimum atomic E-state index is -0.0207. The molecule has 0 spiro atoms. The highest BCUT2D eigenvalue weighted by Crippen LogP contribution is 2.12. The number of amides is 1. The van der Waals surface area contributed by atoms with Crippen LogP contribution in [0.4, 0.5) is 0 Å². The third-order valence-electron chi connectivity index (χ3n) is 2.96. The standard InChI is InChI=1S/C16H26N2O2/c1-5-10-20-15-8-6-14(7-9-15)16(19)17-11-13(2)12-18(3)4/h6-9,13H,5,10-12H2,1-4H3,(H,17,19)/p+1/t13-/m1/s1. The highest BCUT2D eigenvalue weighted by Gasteiger charge is 2.10. The average molecular weight is 279 g/mol. The number of nitrogens with one attached hydrogen (secondary N) is 2. The van der Waals surface area contributed by atoms with Crippen molar-refractivity contribution in [2.24, 2.45) is 5.92 Å². The molecule has 4 nitrogen and oxygen atoms in total. The highest BCUT2D eigenvalue weighted by atomic mass is 16.5. The lowest BCUT2D eigenvalue weighted by atomic mass is 10.1. The summed E-state index contributed by atoms with van der Waals surface area (Å²) in [6.07, 6.45) is 0.980. The maximum Gasteiger partial charge on any atom is 0.251 e. The Morgan fingerprint density at radius 3 is 2.50 bits per heavy atom. The van der Waals surface area contributed by atoms with Crippen molar-refractivity contribution in [1.82, 2.24) is 5.32 Å². The fourth-order valence-electron chi connectivity index (χ4n) is 2.06. The lowest BCUT2D eigenvalue weighted by Gasteiger charge is -2.15. The van der Waals surface area contributed by atoms with E-state index in [4.69, 9.17) is 4.74 Å². The molecule has 0 aromatic heterocycles. The van der Waals surface area contributed by atoms with Gasteiger partial charge >= 0.3 is 0 Å². The van der Waals surface area contributed by atoms with E-state index in [2.05, 4.69) is 33.3 Å². The monoisotopic (exact) mass is 279 g/mol. The molecule has 0 saturated heterocycles. The zero-order valence-electron chi connectivity index (χ0n) is 13.0. The van der Waals surface area contributed by atoms with Gasteiger partial charge in [-0.25, -0.2) is 0 Å². The second-order valence-electron chi connectivity index (χ2n) is 5.60. The van der Waals surface area contributed by atoms with Crippen LogP contribution in [0.25, 0.3) is 0 Å². The molecule has 0 fully saturated rings. The molecule has 2 N–H and O–H groups in total. The summed E-state index contributed by atoms with van der Waals surface area (Å²) in [6, 6.07) is 7.31. The second-order valence-corrected chi connectivity index (χ2v) is 5.60. The predicted octanol–water partition coefficient (Wildman–Crippen LogP) is 0.986. The van der Waals surface area contributed by atoms with Gasteiger partial charge in [0.05, 0.1) is 27.2 Å². The molecule has 0 aliphatic rings. The third kappa shape index (κ3) is 6.06. The van der Waals surface area contributed by atoms with Gasteiger partial charge in [0.15, 0.2) is 0 Å². The number of hydrogen-bond acceptors (Lipinski definition) is 2. The summed E-state index contributed by atoms with van der Waals surface area (Å²) in [5, 5.41) is 2.97. The number of benzene rings is 1. The Balaban J connectivity index is 2.43. The smallest absolute Gasteiger partial charge is 0.251 e. The summed E-state index contributed by atoms with van der Waals surface area (Å²) in [6.45, 7) is 6.67. The number of ether oxygens (including phenoxy) is 1. The number of carbonyl (C=O) groups excluding carboxylic acids is 1. The molecule has 0 radical (unpaired) electrons. The van der Waals surface area contributed by atoms with E-state index in [1.807, 2.05) is 24.3 Å². The Labute approximate surface area is 122 Å². The molecule has 112 valence electrons. The van der Waals surface area contributed by atoms with E-state index in [0.29, 0.717) is 24.6 Å². The summed E-state index contributed by atoms with van der Waals surface area (Å²) in [5.74, 6) is 1.26. The molecule has 1 aromatic rings. The average Bonchev–Trinajstić information content (AvgIpc) is 2.42. The largest absolute Gasteiger partial charge is 0.494 e. The molecular formula is C16H27N2O2+. The van der Waals surface area contributed by atoms with Crippen LogP contribution in [0.2, 0.25) is 0 Å². The Hall–Kier alpha value is -1.55. The zero-order valence-corrected chi connectivity index (χ0v) is 13.0. The van der Waals surface area contributed by atoms with Gasteiger partial charge in [0, 0.05) is 18.0 Å². The van der Waals surface area contributed by atoms with Gasteiger partial charge in [0.25, 0.3) is 5.91 Å². The van der Waals surface area contributed by atoms with Crippen LogP contribution in [0.1, 0.15) is 30.6 Å². The van der Waals surface area contributed by atoms with Gasteiger partial charge < -0.3 is 15.0 Å². The molecular weight excluding hydrogens is 252 g/mol. The van der Waals surface area contributed by atoms with E-state index in [9.17, 15) is 4.79 Å². The van der Waals surface area contributed by atoms with E-state index in [1.165, 1.54) is 4.90 Å². The van der Waals surface area contributed by atoms with Crippen molar-refractivity contribution in [3.05, 3.63) is 29.8 Å². The van der Waals surface area contributed by atoms with E-state index < -0.39 is 0 Å². The van der Waals surface area contributed by atoms with Crippen molar-refractivity contribution >= 4 is 5.91 Å². The van der Waals surface area contributed by atoms with Crippen LogP contribution in [0.15, 0.2) is 24.3 Å². The molecule has 20 heavy (non-hydrogen) atoms. The van der Waals surface area contributed by atoms with E-state index in [0.717, 1.165) is 18.7 Å². The Bertz CT molecular complexity index is 401. The molecule has 0 aliphatic carbocycles. The summed E-state index contributed by atoms with van der Waals surface area (Å²) in [5.41, 5.74) is 0.679. The van der Waals surface area contributed by atoms with E-state index in [1.54, 1.807) is 0 Å². The topological polar surface area (TPSA) is 42.8 Å². The van der Waals surface area contributed by atoms with Gasteiger partial charge in [-0.05, 0) is 30.7 Å². The SMILES string of the molecule is CCCOc1ccc(C(=O)NC[C@@H](C)C[NH+](C)C)cc1. The predicted molar refractivity (Wildman–Crippen MR) is 81.4 cm³/mol. The normalized spacial score (nSPS) is 12.2. The van der Waals surface area contributed by atoms with E-state index >= 15 is 0 Å². The van der Waals surface area contributed by atoms with Crippen LogP contribution in [0, 0.1) is 5.92 Å². The number of hydrogen-bond donors (Lipinski definition) is 2. The van der Waals surface area contributed by atoms with Crippen molar-refractivity contribution < 1.29 is 14.4 Å². The summed E-state index contributed by atoms with van der Waals surface area (Å²) in [7, 11) is 4.24. The van der Waals surface area contributed by atoms with Crippen molar-refractivity contribution in [2.75, 3.05) is 33.8 Å². The Kier molecular flexibility index (Phi) is 7.09. The van der Waals surface area contributed by atoms with Crippen LogP contribution in [-0.2, 0) is 0 Å². The van der Waals surface area contributed by atoms with Gasteiger partial charge in [0.2, 0.25) is 0 Å². The summed E-state index contributed by atoms with van der Waals surface area (Å²) >= 11 is 0. The Morgan fingerprint density at radius 2 is 1.95 bits per heavy atom. The van der Waals surface area contributed by atoms with Crippen LogP contribution in [0.3, 0.4) is 0 Å². The quantitative estimate of drug-likeness (QED) is 0.745. The minimum Gasteiger partial charge on any atom is -0.494 e. The van der Waals surface area contributed by atoms with E-state index in [-0.39, 0.29) is 5.91 Å². The first-order valence-corrected chi connectivity index (χ1v) is 7.33. The van der Waals surface area contributed by atoms with Gasteiger partial charge in [-0.15, -0.1) is 0 Å². The first kappa shape index (κ1) is 16.5. The fraction of sp³-hybridized carbons (Fsp3) is 0.562. The molecule has 0 saturated carbocycles. The lowest BCUT2D eigenvalue weighted by Crippen LogP contribution is -3.06. The van der Waals surface area contributed by atoms with Gasteiger partial charge in [-0.1, -0.05) is 13.8 Å². The molecule has 1 amide bonds. The number of quaternary nitrogens is 1. The Morgan fingerprint density at radius 1 is 1.30 bits per heavy atom. The van der Waals surface area contributed by atoms with Crippen LogP contribution in [-0.4, -0.2) is 39.7 Å². The van der Waals surface area contributed by atoms with Crippen molar-refractivity contribution in [3.8, 4) is 5.75 Å². The first-order valence-electron chi connectivity index (χ1n) is 7.33. The lowest BCUT2D eigenvalue weighted by molar-refractivity contribution is -0.861. The molecule has 0 unspecified atom stereocenters. The van der Waals surface area contributed by atoms with Gasteiger partial charge in [-0.2, -0.15) is 0 Å². The van der Waals surface area contributed by atoms with Crippen LogP contribution >= 0.6 is 0 Å². The first-order chi connectivity index (χ1) is 9.52. The maximum absolute atomic E-state index is 12.0. The van der Waals surface area contributed by atoms with Crippen molar-refractivity contribution in [3.63, 3.8) is 0 Å². The number of carbonyl (C=O) groups is 1. The molecule has 1 rings (SSSR count). The fourth-order valence-corrected chi connectivity index (χ4v) is 2.06. The molecule has 4 heteroatoms. The zero-order chi connectivity index (χ0) is 15.0.